The van der Waals surface area contributed by atoms with Crippen LogP contribution in [-0.4, -0.2) is 43.3 Å². The number of hydrogen-bond donors (Lipinski definition) is 1. The van der Waals surface area contributed by atoms with Gasteiger partial charge in [-0.25, -0.2) is 4.39 Å². The molecule has 0 saturated carbocycles. The molecule has 2 unspecified atom stereocenters. The first kappa shape index (κ1) is 15.4. The lowest BCUT2D eigenvalue weighted by Gasteiger charge is -2.35. The zero-order valence-electron chi connectivity index (χ0n) is 12.4. The number of nitrogens with zero attached hydrogens (tertiary/aromatic N) is 1. The maximum absolute atomic E-state index is 13.3. The summed E-state index contributed by atoms with van der Waals surface area (Å²) in [5.74, 6) is -0.199. The highest BCUT2D eigenvalue weighted by Gasteiger charge is 2.25. The van der Waals surface area contributed by atoms with Gasteiger partial charge in [-0.1, -0.05) is 13.0 Å². The molecule has 2 rings (SSSR count). The molecule has 1 fully saturated rings. The fourth-order valence-corrected chi connectivity index (χ4v) is 2.76. The standard InChI is InChI=1S/C16H25FN2O/c1-3-6-19-7-8-20-16(11-19)15(18)10-13-9-14(17)5-4-12(13)2/h4-5,9,15-16H,3,6-8,10-11,18H2,1-2H3. The Hall–Kier alpha value is -0.970. The molecule has 0 spiro atoms. The summed E-state index contributed by atoms with van der Waals surface area (Å²) >= 11 is 0. The largest absolute Gasteiger partial charge is 0.374 e. The molecule has 0 amide bonds. The van der Waals surface area contributed by atoms with Gasteiger partial charge in [0, 0.05) is 19.1 Å². The summed E-state index contributed by atoms with van der Waals surface area (Å²) < 4.78 is 19.1. The van der Waals surface area contributed by atoms with Crippen LogP contribution in [0.2, 0.25) is 0 Å². The van der Waals surface area contributed by atoms with Gasteiger partial charge >= 0.3 is 0 Å². The van der Waals surface area contributed by atoms with Crippen LogP contribution >= 0.6 is 0 Å². The van der Waals surface area contributed by atoms with Gasteiger partial charge in [0.2, 0.25) is 0 Å². The van der Waals surface area contributed by atoms with Crippen molar-refractivity contribution in [3.8, 4) is 0 Å². The molecule has 20 heavy (non-hydrogen) atoms. The highest BCUT2D eigenvalue weighted by molar-refractivity contribution is 5.27. The Labute approximate surface area is 120 Å². The Bertz CT molecular complexity index is 436. The molecule has 1 heterocycles. The second-order valence-corrected chi connectivity index (χ2v) is 5.65. The van der Waals surface area contributed by atoms with Crippen LogP contribution in [0.4, 0.5) is 4.39 Å². The third kappa shape index (κ3) is 4.01. The van der Waals surface area contributed by atoms with Crippen molar-refractivity contribution in [2.75, 3.05) is 26.2 Å². The predicted octanol–water partition coefficient (Wildman–Crippen LogP) is 2.11. The van der Waals surface area contributed by atoms with E-state index in [-0.39, 0.29) is 18.0 Å². The number of benzene rings is 1. The highest BCUT2D eigenvalue weighted by Crippen LogP contribution is 2.16. The Morgan fingerprint density at radius 3 is 3.05 bits per heavy atom. The number of ether oxygens (including phenoxy) is 1. The highest BCUT2D eigenvalue weighted by atomic mass is 19.1. The third-order valence-corrected chi connectivity index (χ3v) is 3.96. The first-order valence-corrected chi connectivity index (χ1v) is 7.44. The lowest BCUT2D eigenvalue weighted by atomic mass is 9.97. The molecule has 1 aliphatic rings. The number of morpholine rings is 1. The van der Waals surface area contributed by atoms with Crippen LogP contribution in [0.1, 0.15) is 24.5 Å². The maximum atomic E-state index is 13.3. The van der Waals surface area contributed by atoms with E-state index in [2.05, 4.69) is 11.8 Å². The first-order valence-electron chi connectivity index (χ1n) is 7.44. The Balaban J connectivity index is 1.96. The van der Waals surface area contributed by atoms with Gasteiger partial charge in [0.1, 0.15) is 5.82 Å². The summed E-state index contributed by atoms with van der Waals surface area (Å²) in [6.07, 6.45) is 1.84. The normalized spacial score (nSPS) is 21.9. The van der Waals surface area contributed by atoms with Crippen molar-refractivity contribution in [1.29, 1.82) is 0 Å². The molecule has 2 N–H and O–H groups in total. The first-order chi connectivity index (χ1) is 9.60. The summed E-state index contributed by atoms with van der Waals surface area (Å²) in [5, 5.41) is 0. The Morgan fingerprint density at radius 2 is 2.30 bits per heavy atom. The van der Waals surface area contributed by atoms with Crippen LogP contribution in [0.5, 0.6) is 0 Å². The smallest absolute Gasteiger partial charge is 0.123 e. The molecule has 0 aromatic heterocycles. The number of hydrogen-bond acceptors (Lipinski definition) is 3. The van der Waals surface area contributed by atoms with Gasteiger partial charge < -0.3 is 10.5 Å². The molecular formula is C16H25FN2O. The summed E-state index contributed by atoms with van der Waals surface area (Å²) in [7, 11) is 0. The molecule has 0 bridgehead atoms. The van der Waals surface area contributed by atoms with E-state index in [1.54, 1.807) is 6.07 Å². The minimum atomic E-state index is -0.199. The Kier molecular flexibility index (Phi) is 5.52. The molecule has 1 aromatic carbocycles. The molecule has 1 aliphatic heterocycles. The second kappa shape index (κ2) is 7.16. The summed E-state index contributed by atoms with van der Waals surface area (Å²) in [5.41, 5.74) is 8.35. The lowest BCUT2D eigenvalue weighted by Crippen LogP contribution is -2.51. The minimum absolute atomic E-state index is 0.0398. The third-order valence-electron chi connectivity index (χ3n) is 3.96. The second-order valence-electron chi connectivity index (χ2n) is 5.65. The van der Waals surface area contributed by atoms with E-state index >= 15 is 0 Å². The van der Waals surface area contributed by atoms with Crippen LogP contribution in [-0.2, 0) is 11.2 Å². The van der Waals surface area contributed by atoms with Crippen LogP contribution < -0.4 is 5.73 Å². The summed E-state index contributed by atoms with van der Waals surface area (Å²) in [4.78, 5) is 2.40. The van der Waals surface area contributed by atoms with Gasteiger partial charge in [0.05, 0.1) is 12.7 Å². The molecule has 1 saturated heterocycles. The lowest BCUT2D eigenvalue weighted by molar-refractivity contribution is -0.0400. The van der Waals surface area contributed by atoms with E-state index in [0.29, 0.717) is 6.42 Å². The van der Waals surface area contributed by atoms with Crippen LogP contribution in [0.25, 0.3) is 0 Å². The van der Waals surface area contributed by atoms with E-state index in [1.165, 1.54) is 6.07 Å². The monoisotopic (exact) mass is 280 g/mol. The van der Waals surface area contributed by atoms with Gasteiger partial charge in [-0.05, 0) is 49.6 Å². The predicted molar refractivity (Wildman–Crippen MR) is 79.3 cm³/mol. The number of aryl methyl sites for hydroxylation is 1. The fraction of sp³-hybridized carbons (Fsp3) is 0.625. The average Bonchev–Trinajstić information content (AvgIpc) is 2.43. The molecule has 4 heteroatoms. The van der Waals surface area contributed by atoms with Crippen molar-refractivity contribution in [3.63, 3.8) is 0 Å². The van der Waals surface area contributed by atoms with Gasteiger partial charge in [-0.2, -0.15) is 0 Å². The van der Waals surface area contributed by atoms with Crippen LogP contribution in [0.15, 0.2) is 18.2 Å². The average molecular weight is 280 g/mol. The van der Waals surface area contributed by atoms with Crippen molar-refractivity contribution in [2.45, 2.75) is 38.8 Å². The summed E-state index contributed by atoms with van der Waals surface area (Å²) in [6.45, 7) is 7.86. The SMILES string of the molecule is CCCN1CCOC(C(N)Cc2cc(F)ccc2C)C1. The van der Waals surface area contributed by atoms with Crippen molar-refractivity contribution in [1.82, 2.24) is 4.90 Å². The van der Waals surface area contributed by atoms with E-state index in [1.807, 2.05) is 13.0 Å². The zero-order chi connectivity index (χ0) is 14.5. The molecule has 3 nitrogen and oxygen atoms in total. The van der Waals surface area contributed by atoms with Crippen molar-refractivity contribution >= 4 is 0 Å². The minimum Gasteiger partial charge on any atom is -0.374 e. The van der Waals surface area contributed by atoms with Gasteiger partial charge in [-0.15, -0.1) is 0 Å². The van der Waals surface area contributed by atoms with E-state index in [0.717, 1.165) is 43.8 Å². The van der Waals surface area contributed by atoms with Crippen molar-refractivity contribution in [2.24, 2.45) is 5.73 Å². The molecule has 112 valence electrons. The number of rotatable bonds is 5. The van der Waals surface area contributed by atoms with E-state index in [9.17, 15) is 4.39 Å². The number of nitrogens with two attached hydrogens (primary N) is 1. The van der Waals surface area contributed by atoms with E-state index < -0.39 is 0 Å². The zero-order valence-corrected chi connectivity index (χ0v) is 12.4. The Morgan fingerprint density at radius 1 is 1.50 bits per heavy atom. The fourth-order valence-electron chi connectivity index (χ4n) is 2.76. The van der Waals surface area contributed by atoms with Gasteiger partial charge in [-0.3, -0.25) is 4.90 Å². The van der Waals surface area contributed by atoms with Crippen molar-refractivity contribution in [3.05, 3.63) is 35.1 Å². The van der Waals surface area contributed by atoms with E-state index in [4.69, 9.17) is 10.5 Å². The summed E-state index contributed by atoms with van der Waals surface area (Å²) in [6, 6.07) is 4.80. The van der Waals surface area contributed by atoms with Crippen LogP contribution in [0, 0.1) is 12.7 Å². The molecule has 0 radical (unpaired) electrons. The molecule has 2 atom stereocenters. The van der Waals surface area contributed by atoms with Crippen LogP contribution in [0.3, 0.4) is 0 Å². The maximum Gasteiger partial charge on any atom is 0.123 e. The van der Waals surface area contributed by atoms with Gasteiger partial charge in [0.25, 0.3) is 0 Å². The molecular weight excluding hydrogens is 255 g/mol. The molecule has 0 aliphatic carbocycles. The quantitative estimate of drug-likeness (QED) is 0.898. The molecule has 1 aromatic rings. The topological polar surface area (TPSA) is 38.5 Å². The number of halogens is 1. The van der Waals surface area contributed by atoms with Gasteiger partial charge in [0.15, 0.2) is 0 Å². The van der Waals surface area contributed by atoms with Crippen molar-refractivity contribution < 1.29 is 9.13 Å².